The third-order valence-corrected chi connectivity index (χ3v) is 2.81. The van der Waals surface area contributed by atoms with Gasteiger partial charge in [-0.2, -0.15) is 0 Å². The Balaban J connectivity index is 2.50. The van der Waals surface area contributed by atoms with Crippen molar-refractivity contribution in [1.29, 1.82) is 0 Å². The van der Waals surface area contributed by atoms with Gasteiger partial charge in [-0.05, 0) is 19.8 Å². The molecule has 1 N–H and O–H groups in total. The molecule has 5 nitrogen and oxygen atoms in total. The van der Waals surface area contributed by atoms with Gasteiger partial charge >= 0.3 is 5.97 Å². The van der Waals surface area contributed by atoms with Crippen molar-refractivity contribution in [1.82, 2.24) is 10.2 Å². The Kier molecular flexibility index (Phi) is 4.73. The minimum atomic E-state index is -0.375. The highest BCUT2D eigenvalue weighted by molar-refractivity contribution is 5.85. The van der Waals surface area contributed by atoms with Crippen molar-refractivity contribution in [2.75, 3.05) is 20.2 Å². The number of nitrogens with one attached hydrogen (secondary N) is 1. The third kappa shape index (κ3) is 2.95. The molecule has 1 aliphatic heterocycles. The lowest BCUT2D eigenvalue weighted by atomic mass is 10.1. The van der Waals surface area contributed by atoms with Gasteiger partial charge in [0.2, 0.25) is 5.91 Å². The molecule has 92 valence electrons. The predicted octanol–water partition coefficient (Wildman–Crippen LogP) is 0.148. The molecule has 2 unspecified atom stereocenters. The fourth-order valence-electron chi connectivity index (χ4n) is 1.82. The predicted molar refractivity (Wildman–Crippen MR) is 59.9 cm³/mol. The summed E-state index contributed by atoms with van der Waals surface area (Å²) in [4.78, 5) is 24.9. The Morgan fingerprint density at radius 1 is 1.62 bits per heavy atom. The van der Waals surface area contributed by atoms with Crippen molar-refractivity contribution in [3.8, 4) is 0 Å². The Morgan fingerprint density at radius 3 is 2.75 bits per heavy atom. The molecule has 5 heteroatoms. The zero-order chi connectivity index (χ0) is 12.1. The Labute approximate surface area is 96.1 Å². The van der Waals surface area contributed by atoms with Crippen LogP contribution in [0.4, 0.5) is 0 Å². The number of rotatable bonds is 5. The van der Waals surface area contributed by atoms with Gasteiger partial charge in [-0.25, -0.2) is 0 Å². The summed E-state index contributed by atoms with van der Waals surface area (Å²) in [5.41, 5.74) is 0. The van der Waals surface area contributed by atoms with Crippen LogP contribution in [0, 0.1) is 0 Å². The molecular formula is C11H20N2O3. The van der Waals surface area contributed by atoms with Gasteiger partial charge in [-0.3, -0.25) is 14.9 Å². The fourth-order valence-corrected chi connectivity index (χ4v) is 1.82. The van der Waals surface area contributed by atoms with Crippen LogP contribution in [0.5, 0.6) is 0 Å². The van der Waals surface area contributed by atoms with Gasteiger partial charge in [0.15, 0.2) is 0 Å². The Hall–Kier alpha value is -1.10. The number of nitrogens with zero attached hydrogens (tertiary/aromatic N) is 1. The molecule has 0 aliphatic carbocycles. The molecule has 0 aromatic rings. The summed E-state index contributed by atoms with van der Waals surface area (Å²) >= 11 is 0. The maximum absolute atomic E-state index is 11.6. The molecule has 0 saturated carbocycles. The van der Waals surface area contributed by atoms with E-state index in [1.54, 1.807) is 18.9 Å². The van der Waals surface area contributed by atoms with E-state index in [1.165, 1.54) is 0 Å². The van der Waals surface area contributed by atoms with Gasteiger partial charge in [-0.1, -0.05) is 6.92 Å². The number of hydrogen-bond acceptors (Lipinski definition) is 4. The van der Waals surface area contributed by atoms with Crippen LogP contribution in [-0.2, 0) is 14.3 Å². The molecule has 0 aromatic heterocycles. The quantitative estimate of drug-likeness (QED) is 0.680. The first kappa shape index (κ1) is 13.0. The first-order chi connectivity index (χ1) is 7.60. The van der Waals surface area contributed by atoms with Crippen LogP contribution in [0.15, 0.2) is 0 Å². The molecule has 16 heavy (non-hydrogen) atoms. The summed E-state index contributed by atoms with van der Waals surface area (Å²) in [6, 6.07) is -0.611. The van der Waals surface area contributed by atoms with Crippen LogP contribution in [0.25, 0.3) is 0 Å². The van der Waals surface area contributed by atoms with E-state index in [0.29, 0.717) is 13.0 Å². The highest BCUT2D eigenvalue weighted by atomic mass is 16.5. The summed E-state index contributed by atoms with van der Waals surface area (Å²) in [5.74, 6) is -0.213. The van der Waals surface area contributed by atoms with Gasteiger partial charge in [0.25, 0.3) is 0 Å². The molecular weight excluding hydrogens is 208 g/mol. The van der Waals surface area contributed by atoms with Crippen LogP contribution in [0.1, 0.15) is 26.7 Å². The topological polar surface area (TPSA) is 58.6 Å². The van der Waals surface area contributed by atoms with E-state index >= 15 is 0 Å². The van der Waals surface area contributed by atoms with Crippen LogP contribution in [-0.4, -0.2) is 49.1 Å². The van der Waals surface area contributed by atoms with E-state index in [-0.39, 0.29) is 24.0 Å². The number of likely N-dealkylation sites (tertiary alicyclic amines) is 1. The molecule has 1 aliphatic rings. The number of carbonyl (C=O) groups excluding carboxylic acids is 2. The number of amides is 1. The molecule has 1 rings (SSSR count). The molecule has 0 aromatic carbocycles. The maximum atomic E-state index is 11.6. The standard InChI is InChI=1S/C11H20N2O3/c1-4-8(11(15)16-5-2)12-9-6-7-13(3)10(9)14/h8-9,12H,4-7H2,1-3H3. The summed E-state index contributed by atoms with van der Waals surface area (Å²) in [6.07, 6.45) is 1.39. The number of ether oxygens (including phenoxy) is 1. The van der Waals surface area contributed by atoms with Crippen LogP contribution in [0.3, 0.4) is 0 Å². The SMILES string of the molecule is CCOC(=O)C(CC)NC1CCN(C)C1=O. The normalized spacial score (nSPS) is 22.3. The monoisotopic (exact) mass is 228 g/mol. The lowest BCUT2D eigenvalue weighted by molar-refractivity contribution is -0.146. The van der Waals surface area contributed by atoms with Crippen molar-refractivity contribution in [3.05, 3.63) is 0 Å². The number of carbonyl (C=O) groups is 2. The minimum absolute atomic E-state index is 0.0581. The summed E-state index contributed by atoms with van der Waals surface area (Å²) in [5, 5.41) is 3.06. The lowest BCUT2D eigenvalue weighted by Gasteiger charge is -2.19. The van der Waals surface area contributed by atoms with Crippen LogP contribution < -0.4 is 5.32 Å². The van der Waals surface area contributed by atoms with Gasteiger partial charge in [-0.15, -0.1) is 0 Å². The number of esters is 1. The average Bonchev–Trinajstić information content (AvgIpc) is 2.57. The molecule has 0 bridgehead atoms. The minimum Gasteiger partial charge on any atom is -0.465 e. The summed E-state index contributed by atoms with van der Waals surface area (Å²) < 4.78 is 4.94. The molecule has 1 heterocycles. The lowest BCUT2D eigenvalue weighted by Crippen LogP contribution is -2.47. The first-order valence-corrected chi connectivity index (χ1v) is 5.77. The van der Waals surface area contributed by atoms with Crippen molar-refractivity contribution in [3.63, 3.8) is 0 Å². The van der Waals surface area contributed by atoms with Crippen molar-refractivity contribution >= 4 is 11.9 Å². The smallest absolute Gasteiger partial charge is 0.323 e. The number of likely N-dealkylation sites (N-methyl/N-ethyl adjacent to an activating group) is 1. The second-order valence-electron chi connectivity index (χ2n) is 3.98. The fraction of sp³-hybridized carbons (Fsp3) is 0.818. The van der Waals surface area contributed by atoms with Gasteiger partial charge in [0.05, 0.1) is 12.6 Å². The molecule has 0 spiro atoms. The van der Waals surface area contributed by atoms with Gasteiger partial charge < -0.3 is 9.64 Å². The van der Waals surface area contributed by atoms with Crippen LogP contribution >= 0.6 is 0 Å². The van der Waals surface area contributed by atoms with E-state index in [2.05, 4.69) is 5.32 Å². The summed E-state index contributed by atoms with van der Waals surface area (Å²) in [7, 11) is 1.77. The van der Waals surface area contributed by atoms with Crippen LogP contribution in [0.2, 0.25) is 0 Å². The van der Waals surface area contributed by atoms with E-state index in [1.807, 2.05) is 6.92 Å². The van der Waals surface area contributed by atoms with E-state index in [9.17, 15) is 9.59 Å². The highest BCUT2D eigenvalue weighted by Gasteiger charge is 2.32. The molecule has 0 radical (unpaired) electrons. The summed E-state index contributed by atoms with van der Waals surface area (Å²) in [6.45, 7) is 4.79. The van der Waals surface area contributed by atoms with Gasteiger partial charge in [0, 0.05) is 13.6 Å². The molecule has 1 fully saturated rings. The zero-order valence-corrected chi connectivity index (χ0v) is 10.2. The van der Waals surface area contributed by atoms with E-state index in [4.69, 9.17) is 4.74 Å². The highest BCUT2D eigenvalue weighted by Crippen LogP contribution is 2.10. The molecule has 1 amide bonds. The van der Waals surface area contributed by atoms with Crippen molar-refractivity contribution < 1.29 is 14.3 Å². The van der Waals surface area contributed by atoms with Crippen molar-refractivity contribution in [2.24, 2.45) is 0 Å². The first-order valence-electron chi connectivity index (χ1n) is 5.77. The average molecular weight is 228 g/mol. The largest absolute Gasteiger partial charge is 0.465 e. The molecule has 1 saturated heterocycles. The van der Waals surface area contributed by atoms with E-state index in [0.717, 1.165) is 13.0 Å². The zero-order valence-electron chi connectivity index (χ0n) is 10.2. The molecule has 2 atom stereocenters. The maximum Gasteiger partial charge on any atom is 0.323 e. The van der Waals surface area contributed by atoms with Gasteiger partial charge in [0.1, 0.15) is 6.04 Å². The Bertz CT molecular complexity index is 268. The number of hydrogen-bond donors (Lipinski definition) is 1. The van der Waals surface area contributed by atoms with E-state index < -0.39 is 0 Å². The second kappa shape index (κ2) is 5.84. The third-order valence-electron chi connectivity index (χ3n) is 2.81. The van der Waals surface area contributed by atoms with Crippen molar-refractivity contribution in [2.45, 2.75) is 38.8 Å². The Morgan fingerprint density at radius 2 is 2.31 bits per heavy atom. The second-order valence-corrected chi connectivity index (χ2v) is 3.98.